The van der Waals surface area contributed by atoms with Gasteiger partial charge in [0.1, 0.15) is 5.56 Å². The van der Waals surface area contributed by atoms with Crippen LogP contribution < -0.4 is 10.2 Å². The molecule has 1 amide bonds. The van der Waals surface area contributed by atoms with Crippen LogP contribution in [0, 0.1) is 20.2 Å². The van der Waals surface area contributed by atoms with Crippen molar-refractivity contribution in [3.8, 4) is 11.5 Å². The maximum atomic E-state index is 12.0. The van der Waals surface area contributed by atoms with E-state index in [1.54, 1.807) is 0 Å². The lowest BCUT2D eigenvalue weighted by molar-refractivity contribution is -0.386. The zero-order valence-corrected chi connectivity index (χ0v) is 13.3. The number of nitro groups is 2. The summed E-state index contributed by atoms with van der Waals surface area (Å²) in [5.41, 5.74) is 1.08. The molecule has 0 radical (unpaired) electrons. The zero-order valence-electron chi connectivity index (χ0n) is 13.3. The Bertz CT molecular complexity index is 911. The predicted molar refractivity (Wildman–Crippen MR) is 89.5 cm³/mol. The minimum absolute atomic E-state index is 0.148. The van der Waals surface area contributed by atoms with Crippen molar-refractivity contribution in [3.63, 3.8) is 0 Å². The second-order valence-corrected chi connectivity index (χ2v) is 4.82. The SMILES string of the molecule is COc1cc(/C=N\NC(=O)c2ccccc2[N+](=O)[O-])cc([N+](=O)[O-])c1O. The van der Waals surface area contributed by atoms with E-state index < -0.39 is 27.2 Å². The van der Waals surface area contributed by atoms with Crippen LogP contribution in [-0.4, -0.2) is 34.2 Å². The predicted octanol–water partition coefficient (Wildman–Crippen LogP) is 1.98. The molecule has 0 heterocycles. The summed E-state index contributed by atoms with van der Waals surface area (Å²) < 4.78 is 4.84. The Morgan fingerprint density at radius 3 is 2.46 bits per heavy atom. The van der Waals surface area contributed by atoms with E-state index >= 15 is 0 Å². The van der Waals surface area contributed by atoms with Gasteiger partial charge in [0.25, 0.3) is 11.6 Å². The number of phenolic OH excluding ortho intramolecular Hbond substituents is 1. The van der Waals surface area contributed by atoms with Crippen molar-refractivity contribution >= 4 is 23.5 Å². The second kappa shape index (κ2) is 7.70. The number of nitro benzene ring substituents is 2. The molecule has 0 aliphatic heterocycles. The highest BCUT2D eigenvalue weighted by Gasteiger charge is 2.20. The van der Waals surface area contributed by atoms with Gasteiger partial charge in [-0.05, 0) is 12.1 Å². The van der Waals surface area contributed by atoms with E-state index in [9.17, 15) is 30.1 Å². The third-order valence-corrected chi connectivity index (χ3v) is 3.22. The monoisotopic (exact) mass is 360 g/mol. The summed E-state index contributed by atoms with van der Waals surface area (Å²) in [7, 11) is 1.22. The van der Waals surface area contributed by atoms with Crippen LogP contribution in [0.2, 0.25) is 0 Å². The molecule has 0 aliphatic carbocycles. The number of para-hydroxylation sites is 1. The summed E-state index contributed by atoms with van der Waals surface area (Å²) in [6.07, 6.45) is 1.07. The molecule has 0 atom stereocenters. The van der Waals surface area contributed by atoms with Gasteiger partial charge in [-0.25, -0.2) is 5.43 Å². The molecular formula is C15H12N4O7. The molecule has 134 valence electrons. The first-order chi connectivity index (χ1) is 12.3. The summed E-state index contributed by atoms with van der Waals surface area (Å²) in [6.45, 7) is 0. The average molecular weight is 360 g/mol. The van der Waals surface area contributed by atoms with Crippen molar-refractivity contribution < 1.29 is 24.5 Å². The van der Waals surface area contributed by atoms with Crippen LogP contribution in [0.5, 0.6) is 11.5 Å². The number of hydrogen-bond donors (Lipinski definition) is 2. The van der Waals surface area contributed by atoms with Gasteiger partial charge in [0.05, 0.1) is 23.2 Å². The first-order valence-corrected chi connectivity index (χ1v) is 6.97. The Morgan fingerprint density at radius 2 is 1.85 bits per heavy atom. The minimum Gasteiger partial charge on any atom is -0.500 e. The largest absolute Gasteiger partial charge is 0.500 e. The standard InChI is InChI=1S/C15H12N4O7/c1-26-13-7-9(6-12(14(13)20)19(24)25)8-16-17-15(21)10-4-2-3-5-11(10)18(22)23/h2-8,20H,1H3,(H,17,21)/b16-8-. The molecular weight excluding hydrogens is 348 g/mol. The molecule has 11 heteroatoms. The molecule has 0 bridgehead atoms. The number of rotatable bonds is 6. The first kappa shape index (κ1) is 18.3. The van der Waals surface area contributed by atoms with Crippen LogP contribution >= 0.6 is 0 Å². The summed E-state index contributed by atoms with van der Waals surface area (Å²) in [6, 6.07) is 7.60. The van der Waals surface area contributed by atoms with Gasteiger partial charge in [0.2, 0.25) is 5.75 Å². The number of carbonyl (C=O) groups excluding carboxylic acids is 1. The van der Waals surface area contributed by atoms with Gasteiger partial charge in [-0.3, -0.25) is 25.0 Å². The minimum atomic E-state index is -0.825. The van der Waals surface area contributed by atoms with Gasteiger partial charge < -0.3 is 9.84 Å². The number of methoxy groups -OCH3 is 1. The number of aromatic hydroxyl groups is 1. The van der Waals surface area contributed by atoms with Gasteiger partial charge >= 0.3 is 5.69 Å². The third-order valence-electron chi connectivity index (χ3n) is 3.22. The highest BCUT2D eigenvalue weighted by atomic mass is 16.6. The fourth-order valence-electron chi connectivity index (χ4n) is 2.03. The fraction of sp³-hybridized carbons (Fsp3) is 0.0667. The van der Waals surface area contributed by atoms with Crippen molar-refractivity contribution in [2.45, 2.75) is 0 Å². The Hall–Kier alpha value is -4.02. The van der Waals surface area contributed by atoms with Crippen molar-refractivity contribution in [1.29, 1.82) is 0 Å². The summed E-state index contributed by atoms with van der Waals surface area (Å²) in [4.78, 5) is 32.3. The van der Waals surface area contributed by atoms with Gasteiger partial charge in [-0.15, -0.1) is 0 Å². The van der Waals surface area contributed by atoms with E-state index in [2.05, 4.69) is 10.5 Å². The van der Waals surface area contributed by atoms with Gasteiger partial charge in [-0.2, -0.15) is 5.10 Å². The lowest BCUT2D eigenvalue weighted by Crippen LogP contribution is -2.18. The van der Waals surface area contributed by atoms with Crippen molar-refractivity contribution in [3.05, 3.63) is 67.8 Å². The second-order valence-electron chi connectivity index (χ2n) is 4.82. The summed E-state index contributed by atoms with van der Waals surface area (Å²) in [5.74, 6) is -1.61. The van der Waals surface area contributed by atoms with Gasteiger partial charge in [0, 0.05) is 17.7 Å². The van der Waals surface area contributed by atoms with E-state index in [0.29, 0.717) is 0 Å². The Morgan fingerprint density at radius 1 is 1.19 bits per heavy atom. The molecule has 0 saturated carbocycles. The van der Waals surface area contributed by atoms with E-state index in [4.69, 9.17) is 4.74 Å². The molecule has 26 heavy (non-hydrogen) atoms. The van der Waals surface area contributed by atoms with Crippen LogP contribution in [0.1, 0.15) is 15.9 Å². The Balaban J connectivity index is 2.24. The lowest BCUT2D eigenvalue weighted by Gasteiger charge is -2.05. The number of nitrogens with one attached hydrogen (secondary N) is 1. The van der Waals surface area contributed by atoms with Crippen LogP contribution in [0.3, 0.4) is 0 Å². The number of phenols is 1. The van der Waals surface area contributed by atoms with E-state index in [0.717, 1.165) is 12.3 Å². The molecule has 0 aliphatic rings. The van der Waals surface area contributed by atoms with E-state index in [1.807, 2.05) is 0 Å². The fourth-order valence-corrected chi connectivity index (χ4v) is 2.03. The molecule has 0 unspecified atom stereocenters. The number of hydrazone groups is 1. The molecule has 2 rings (SSSR count). The maximum absolute atomic E-state index is 12.0. The highest BCUT2D eigenvalue weighted by Crippen LogP contribution is 2.36. The molecule has 11 nitrogen and oxygen atoms in total. The number of hydrogen-bond acceptors (Lipinski definition) is 8. The summed E-state index contributed by atoms with van der Waals surface area (Å²) >= 11 is 0. The number of amides is 1. The highest BCUT2D eigenvalue weighted by molar-refractivity contribution is 5.98. The topological polar surface area (TPSA) is 157 Å². The molecule has 0 saturated heterocycles. The molecule has 0 spiro atoms. The first-order valence-electron chi connectivity index (χ1n) is 6.97. The van der Waals surface area contributed by atoms with E-state index in [1.165, 1.54) is 37.4 Å². The normalized spacial score (nSPS) is 10.5. The molecule has 0 fully saturated rings. The Kier molecular flexibility index (Phi) is 5.43. The van der Waals surface area contributed by atoms with Crippen LogP contribution in [0.4, 0.5) is 11.4 Å². The number of nitrogens with zero attached hydrogens (tertiary/aromatic N) is 3. The van der Waals surface area contributed by atoms with Crippen LogP contribution in [0.25, 0.3) is 0 Å². The maximum Gasteiger partial charge on any atom is 0.315 e. The smallest absolute Gasteiger partial charge is 0.315 e. The molecule has 2 N–H and O–H groups in total. The average Bonchev–Trinajstić information content (AvgIpc) is 2.62. The number of carbonyl (C=O) groups is 1. The van der Waals surface area contributed by atoms with Crippen molar-refractivity contribution in [2.75, 3.05) is 7.11 Å². The Labute approximate surface area is 145 Å². The lowest BCUT2D eigenvalue weighted by atomic mass is 10.2. The molecule has 2 aromatic rings. The molecule has 0 aromatic heterocycles. The summed E-state index contributed by atoms with van der Waals surface area (Å²) in [5, 5.41) is 35.1. The quantitative estimate of drug-likeness (QED) is 0.453. The van der Waals surface area contributed by atoms with Crippen LogP contribution in [0.15, 0.2) is 41.5 Å². The van der Waals surface area contributed by atoms with E-state index in [-0.39, 0.29) is 22.6 Å². The van der Waals surface area contributed by atoms with Crippen LogP contribution in [-0.2, 0) is 0 Å². The van der Waals surface area contributed by atoms with Gasteiger partial charge in [0.15, 0.2) is 5.75 Å². The van der Waals surface area contributed by atoms with Crippen molar-refractivity contribution in [2.24, 2.45) is 5.10 Å². The molecule has 2 aromatic carbocycles. The third kappa shape index (κ3) is 3.90. The number of benzene rings is 2. The number of ether oxygens (including phenoxy) is 1. The zero-order chi connectivity index (χ0) is 19.3. The van der Waals surface area contributed by atoms with Gasteiger partial charge in [-0.1, -0.05) is 12.1 Å². The van der Waals surface area contributed by atoms with Crippen molar-refractivity contribution in [1.82, 2.24) is 5.43 Å².